The van der Waals surface area contributed by atoms with E-state index in [2.05, 4.69) is 0 Å². The van der Waals surface area contributed by atoms with E-state index in [0.717, 1.165) is 5.56 Å². The molecular weight excluding hydrogens is 214 g/mol. The maximum Gasteiger partial charge on any atom is 0.307 e. The van der Waals surface area contributed by atoms with Gasteiger partial charge in [0, 0.05) is 5.88 Å². The van der Waals surface area contributed by atoms with E-state index in [-0.39, 0.29) is 24.9 Å². The first kappa shape index (κ1) is 11.7. The summed E-state index contributed by atoms with van der Waals surface area (Å²) in [5.41, 5.74) is 1.05. The molecule has 0 aliphatic carbocycles. The van der Waals surface area contributed by atoms with Crippen molar-refractivity contribution in [2.24, 2.45) is 0 Å². The number of alkyl halides is 1. The van der Waals surface area contributed by atoms with Crippen molar-refractivity contribution in [3.8, 4) is 0 Å². The van der Waals surface area contributed by atoms with Crippen LogP contribution in [0.2, 0.25) is 0 Å². The molecule has 0 aromatic heterocycles. The number of hydrogen-bond donors (Lipinski definition) is 1. The zero-order valence-corrected chi connectivity index (χ0v) is 8.96. The molecule has 0 unspecified atom stereocenters. The fraction of sp³-hybridized carbons (Fsp3) is 0.273. The van der Waals surface area contributed by atoms with Gasteiger partial charge in [0.05, 0.1) is 12.1 Å². The fourth-order valence-electron chi connectivity index (χ4n) is 1.02. The summed E-state index contributed by atoms with van der Waals surface area (Å²) in [6.07, 6.45) is 0.184. The number of halogens is 1. The van der Waals surface area contributed by atoms with Gasteiger partial charge in [0.15, 0.2) is 0 Å². The van der Waals surface area contributed by atoms with Crippen LogP contribution in [0.5, 0.6) is 0 Å². The second kappa shape index (κ2) is 6.19. The number of benzene rings is 1. The van der Waals surface area contributed by atoms with Crippen molar-refractivity contribution in [1.29, 1.82) is 5.41 Å². The first-order valence-corrected chi connectivity index (χ1v) is 5.12. The molecule has 0 spiro atoms. The predicted octanol–water partition coefficient (Wildman–Crippen LogP) is 2.23. The Hall–Kier alpha value is -1.35. The Bertz CT molecular complexity index is 338. The van der Waals surface area contributed by atoms with E-state index in [1.54, 1.807) is 12.1 Å². The van der Waals surface area contributed by atoms with Gasteiger partial charge in [-0.05, 0) is 5.56 Å². The van der Waals surface area contributed by atoms with E-state index in [9.17, 15) is 4.79 Å². The predicted molar refractivity (Wildman–Crippen MR) is 59.6 cm³/mol. The van der Waals surface area contributed by atoms with Gasteiger partial charge >= 0.3 is 5.97 Å². The minimum absolute atomic E-state index is 0.000262. The van der Waals surface area contributed by atoms with Crippen molar-refractivity contribution < 1.29 is 9.53 Å². The molecule has 15 heavy (non-hydrogen) atoms. The van der Waals surface area contributed by atoms with Crippen LogP contribution in [0.15, 0.2) is 30.3 Å². The highest BCUT2D eigenvalue weighted by Crippen LogP contribution is 2.00. The standard InChI is InChI=1S/C11H12ClNO2/c12-7-6-11(14)15-8-10(13)9-4-2-1-3-5-9/h1-5,13H,6-8H2. The number of rotatable bonds is 5. The molecule has 1 aromatic rings. The summed E-state index contributed by atoms with van der Waals surface area (Å²) in [7, 11) is 0. The van der Waals surface area contributed by atoms with Gasteiger partial charge in [-0.25, -0.2) is 0 Å². The topological polar surface area (TPSA) is 50.1 Å². The first-order chi connectivity index (χ1) is 7.24. The molecule has 80 valence electrons. The smallest absolute Gasteiger partial charge is 0.307 e. The highest BCUT2D eigenvalue weighted by atomic mass is 35.5. The summed E-state index contributed by atoms with van der Waals surface area (Å²) in [6.45, 7) is -0.000262. The normalized spacial score (nSPS) is 9.67. The van der Waals surface area contributed by atoms with Gasteiger partial charge in [-0.2, -0.15) is 0 Å². The Morgan fingerprint density at radius 2 is 2.00 bits per heavy atom. The highest BCUT2D eigenvalue weighted by Gasteiger charge is 2.05. The van der Waals surface area contributed by atoms with E-state index in [4.69, 9.17) is 21.7 Å². The van der Waals surface area contributed by atoms with Crippen LogP contribution in [0.4, 0.5) is 0 Å². The molecule has 0 amide bonds. The van der Waals surface area contributed by atoms with Crippen molar-refractivity contribution in [3.05, 3.63) is 35.9 Å². The molecule has 0 saturated heterocycles. The van der Waals surface area contributed by atoms with Crippen LogP contribution < -0.4 is 0 Å². The molecule has 0 aliphatic rings. The molecule has 0 radical (unpaired) electrons. The summed E-state index contributed by atoms with van der Waals surface area (Å²) >= 11 is 5.37. The number of esters is 1. The minimum atomic E-state index is -0.370. The van der Waals surface area contributed by atoms with Crippen LogP contribution in [0.3, 0.4) is 0 Å². The van der Waals surface area contributed by atoms with Crippen LogP contribution in [0, 0.1) is 5.41 Å². The Morgan fingerprint density at radius 1 is 1.33 bits per heavy atom. The van der Waals surface area contributed by atoms with Crippen LogP contribution in [0.1, 0.15) is 12.0 Å². The van der Waals surface area contributed by atoms with Crippen molar-refractivity contribution in [1.82, 2.24) is 0 Å². The number of ether oxygens (including phenoxy) is 1. The largest absolute Gasteiger partial charge is 0.459 e. The molecule has 1 aromatic carbocycles. The fourth-order valence-corrected chi connectivity index (χ4v) is 1.18. The highest BCUT2D eigenvalue weighted by molar-refractivity contribution is 6.18. The molecule has 1 rings (SSSR count). The van der Waals surface area contributed by atoms with Gasteiger partial charge in [-0.15, -0.1) is 11.6 Å². The summed E-state index contributed by atoms with van der Waals surface area (Å²) in [4.78, 5) is 11.0. The molecule has 0 atom stereocenters. The maximum atomic E-state index is 11.0. The molecule has 0 saturated carbocycles. The third kappa shape index (κ3) is 4.13. The van der Waals surface area contributed by atoms with Crippen molar-refractivity contribution in [2.75, 3.05) is 12.5 Å². The first-order valence-electron chi connectivity index (χ1n) is 4.58. The quantitative estimate of drug-likeness (QED) is 0.475. The summed E-state index contributed by atoms with van der Waals surface area (Å²) in [6, 6.07) is 9.15. The molecular formula is C11H12ClNO2. The van der Waals surface area contributed by atoms with Gasteiger partial charge in [-0.1, -0.05) is 30.3 Å². The summed E-state index contributed by atoms with van der Waals surface area (Å²) in [5, 5.41) is 7.64. The third-order valence-corrected chi connectivity index (χ3v) is 1.99. The Kier molecular flexibility index (Phi) is 4.84. The lowest BCUT2D eigenvalue weighted by atomic mass is 10.1. The van der Waals surface area contributed by atoms with Gasteiger partial charge in [0.1, 0.15) is 6.61 Å². The molecule has 4 heteroatoms. The average molecular weight is 226 g/mol. The van der Waals surface area contributed by atoms with Gasteiger partial charge < -0.3 is 10.1 Å². The second-order valence-corrected chi connectivity index (χ2v) is 3.32. The lowest BCUT2D eigenvalue weighted by Crippen LogP contribution is -2.14. The van der Waals surface area contributed by atoms with E-state index in [0.29, 0.717) is 5.71 Å². The van der Waals surface area contributed by atoms with E-state index in [1.807, 2.05) is 18.2 Å². The van der Waals surface area contributed by atoms with Gasteiger partial charge in [0.25, 0.3) is 0 Å². The maximum absolute atomic E-state index is 11.0. The molecule has 0 fully saturated rings. The van der Waals surface area contributed by atoms with Crippen molar-refractivity contribution >= 4 is 23.3 Å². The van der Waals surface area contributed by atoms with Crippen LogP contribution >= 0.6 is 11.6 Å². The SMILES string of the molecule is N=C(COC(=O)CCCl)c1ccccc1. The van der Waals surface area contributed by atoms with Crippen LogP contribution in [-0.2, 0) is 9.53 Å². The van der Waals surface area contributed by atoms with Crippen molar-refractivity contribution in [2.45, 2.75) is 6.42 Å². The second-order valence-electron chi connectivity index (χ2n) is 2.94. The zero-order valence-electron chi connectivity index (χ0n) is 8.20. The van der Waals surface area contributed by atoms with Crippen LogP contribution in [0.25, 0.3) is 0 Å². The Morgan fingerprint density at radius 3 is 2.60 bits per heavy atom. The van der Waals surface area contributed by atoms with Gasteiger partial charge in [0.2, 0.25) is 0 Å². The third-order valence-electron chi connectivity index (χ3n) is 1.80. The van der Waals surface area contributed by atoms with E-state index >= 15 is 0 Å². The molecule has 1 N–H and O–H groups in total. The lowest BCUT2D eigenvalue weighted by molar-refractivity contribution is -0.141. The molecule has 0 heterocycles. The summed E-state index contributed by atoms with van der Waals surface area (Å²) in [5.74, 6) is -0.122. The van der Waals surface area contributed by atoms with E-state index < -0.39 is 0 Å². The average Bonchev–Trinajstić information content (AvgIpc) is 2.27. The number of hydrogen-bond acceptors (Lipinski definition) is 3. The van der Waals surface area contributed by atoms with Gasteiger partial charge in [-0.3, -0.25) is 4.79 Å². The molecule has 0 bridgehead atoms. The summed E-state index contributed by atoms with van der Waals surface area (Å²) < 4.78 is 4.85. The minimum Gasteiger partial charge on any atom is -0.459 e. The monoisotopic (exact) mass is 225 g/mol. The lowest BCUT2D eigenvalue weighted by Gasteiger charge is -2.05. The van der Waals surface area contributed by atoms with E-state index in [1.165, 1.54) is 0 Å². The number of nitrogens with one attached hydrogen (secondary N) is 1. The van der Waals surface area contributed by atoms with Crippen molar-refractivity contribution in [3.63, 3.8) is 0 Å². The van der Waals surface area contributed by atoms with Crippen LogP contribution in [-0.4, -0.2) is 24.2 Å². The Balaban J connectivity index is 2.40. The molecule has 3 nitrogen and oxygen atoms in total. The number of carbonyl (C=O) groups excluding carboxylic acids is 1. The Labute approximate surface area is 93.5 Å². The molecule has 0 aliphatic heterocycles. The number of carbonyl (C=O) groups is 1. The zero-order chi connectivity index (χ0) is 11.1.